The van der Waals surface area contributed by atoms with E-state index in [0.717, 1.165) is 15.7 Å². The van der Waals surface area contributed by atoms with Crippen LogP contribution in [0.5, 0.6) is 5.75 Å². The fourth-order valence-electron chi connectivity index (χ4n) is 1.67. The molecule has 0 saturated carbocycles. The molecule has 2 aromatic rings. The average Bonchev–Trinajstić information content (AvgIpc) is 2.37. The van der Waals surface area contributed by atoms with Gasteiger partial charge in [0.05, 0.1) is 5.69 Å². The highest BCUT2D eigenvalue weighted by molar-refractivity contribution is 9.10. The number of halogens is 3. The van der Waals surface area contributed by atoms with Gasteiger partial charge in [0.2, 0.25) is 0 Å². The number of para-hydroxylation sites is 1. The molecule has 0 saturated heterocycles. The van der Waals surface area contributed by atoms with Crippen LogP contribution >= 0.6 is 27.5 Å². The Morgan fingerprint density at radius 2 is 2.11 bits per heavy atom. The van der Waals surface area contributed by atoms with Crippen LogP contribution in [-0.4, -0.2) is 5.11 Å². The maximum Gasteiger partial charge on any atom is 0.165 e. The smallest absolute Gasteiger partial charge is 0.165 e. The van der Waals surface area contributed by atoms with Crippen molar-refractivity contribution in [2.45, 2.75) is 13.5 Å². The van der Waals surface area contributed by atoms with Crippen LogP contribution in [0.4, 0.5) is 10.1 Å². The lowest BCUT2D eigenvalue weighted by atomic mass is 10.1. The van der Waals surface area contributed by atoms with Crippen molar-refractivity contribution in [3.63, 3.8) is 0 Å². The third-order valence-electron chi connectivity index (χ3n) is 2.79. The van der Waals surface area contributed by atoms with Gasteiger partial charge in [-0.25, -0.2) is 4.39 Å². The molecule has 0 fully saturated rings. The molecule has 19 heavy (non-hydrogen) atoms. The van der Waals surface area contributed by atoms with E-state index < -0.39 is 5.82 Å². The van der Waals surface area contributed by atoms with Gasteiger partial charge in [-0.15, -0.1) is 0 Å². The van der Waals surface area contributed by atoms with Crippen LogP contribution < -0.4 is 5.32 Å². The second kappa shape index (κ2) is 5.80. The van der Waals surface area contributed by atoms with Gasteiger partial charge in [0.1, 0.15) is 0 Å². The number of aryl methyl sites for hydroxylation is 1. The molecular formula is C14H12BrClFNO. The van der Waals surface area contributed by atoms with E-state index in [1.165, 1.54) is 6.07 Å². The van der Waals surface area contributed by atoms with E-state index in [1.807, 2.05) is 13.0 Å². The van der Waals surface area contributed by atoms with Gasteiger partial charge < -0.3 is 10.4 Å². The quantitative estimate of drug-likeness (QED) is 0.833. The second-order valence-corrected chi connectivity index (χ2v) is 5.44. The Morgan fingerprint density at radius 1 is 1.37 bits per heavy atom. The van der Waals surface area contributed by atoms with Crippen LogP contribution in [0, 0.1) is 12.7 Å². The van der Waals surface area contributed by atoms with Crippen LogP contribution in [-0.2, 0) is 6.54 Å². The molecule has 5 heteroatoms. The lowest BCUT2D eigenvalue weighted by Gasteiger charge is -2.11. The summed E-state index contributed by atoms with van der Waals surface area (Å²) in [5, 5.41) is 13.3. The zero-order chi connectivity index (χ0) is 14.0. The number of benzene rings is 2. The van der Waals surface area contributed by atoms with E-state index in [1.54, 1.807) is 18.2 Å². The van der Waals surface area contributed by atoms with Gasteiger partial charge in [0.15, 0.2) is 11.6 Å². The van der Waals surface area contributed by atoms with E-state index in [0.29, 0.717) is 17.1 Å². The van der Waals surface area contributed by atoms with Crippen LogP contribution in [0.2, 0.25) is 5.02 Å². The van der Waals surface area contributed by atoms with Gasteiger partial charge in [-0.2, -0.15) is 0 Å². The van der Waals surface area contributed by atoms with Crippen molar-refractivity contribution in [1.82, 2.24) is 0 Å². The zero-order valence-corrected chi connectivity index (χ0v) is 12.5. The summed E-state index contributed by atoms with van der Waals surface area (Å²) < 4.78 is 14.1. The molecule has 0 unspecified atom stereocenters. The molecule has 0 spiro atoms. The van der Waals surface area contributed by atoms with Crippen molar-refractivity contribution in [2.24, 2.45) is 0 Å². The maximum atomic E-state index is 13.2. The maximum absolute atomic E-state index is 13.2. The summed E-state index contributed by atoms with van der Waals surface area (Å²) in [7, 11) is 0. The largest absolute Gasteiger partial charge is 0.505 e. The van der Waals surface area contributed by atoms with E-state index in [4.69, 9.17) is 11.6 Å². The first-order valence-corrected chi connectivity index (χ1v) is 6.82. The third-order valence-corrected chi connectivity index (χ3v) is 3.85. The number of phenolic OH excluding ortho intramolecular Hbond substituents is 1. The molecule has 0 amide bonds. The van der Waals surface area contributed by atoms with E-state index in [9.17, 15) is 9.50 Å². The summed E-state index contributed by atoms with van der Waals surface area (Å²) in [6, 6.07) is 8.13. The monoisotopic (exact) mass is 343 g/mol. The molecule has 100 valence electrons. The topological polar surface area (TPSA) is 32.3 Å². The molecule has 2 aromatic carbocycles. The Bertz CT molecular complexity index is 619. The number of aromatic hydroxyl groups is 1. The van der Waals surface area contributed by atoms with Crippen LogP contribution in [0.1, 0.15) is 11.1 Å². The Morgan fingerprint density at radius 3 is 2.84 bits per heavy atom. The van der Waals surface area contributed by atoms with Crippen molar-refractivity contribution in [3.8, 4) is 5.75 Å². The number of rotatable bonds is 3. The normalized spacial score (nSPS) is 10.5. The SMILES string of the molecule is Cc1cc(Br)c(NCc2cccc(F)c2O)cc1Cl. The molecule has 0 radical (unpaired) electrons. The molecule has 0 heterocycles. The van der Waals surface area contributed by atoms with E-state index >= 15 is 0 Å². The van der Waals surface area contributed by atoms with E-state index in [-0.39, 0.29) is 5.75 Å². The molecule has 0 aliphatic carbocycles. The highest BCUT2D eigenvalue weighted by Gasteiger charge is 2.08. The van der Waals surface area contributed by atoms with Crippen molar-refractivity contribution >= 4 is 33.2 Å². The summed E-state index contributed by atoms with van der Waals surface area (Å²) >= 11 is 9.48. The third kappa shape index (κ3) is 3.19. The van der Waals surface area contributed by atoms with Crippen molar-refractivity contribution in [3.05, 3.63) is 56.8 Å². The molecule has 2 N–H and O–H groups in total. The molecule has 0 aromatic heterocycles. The van der Waals surface area contributed by atoms with Gasteiger partial charge in [0.25, 0.3) is 0 Å². The molecule has 2 rings (SSSR count). The molecule has 0 aliphatic heterocycles. The minimum Gasteiger partial charge on any atom is -0.505 e. The van der Waals surface area contributed by atoms with E-state index in [2.05, 4.69) is 21.2 Å². The van der Waals surface area contributed by atoms with Gasteiger partial charge in [0, 0.05) is 21.6 Å². The fourth-order valence-corrected chi connectivity index (χ4v) is 2.44. The Balaban J connectivity index is 2.19. The molecule has 0 atom stereocenters. The fraction of sp³-hybridized carbons (Fsp3) is 0.143. The first kappa shape index (κ1) is 14.2. The highest BCUT2D eigenvalue weighted by atomic mass is 79.9. The summed E-state index contributed by atoms with van der Waals surface area (Å²) in [5.41, 5.74) is 2.25. The predicted octanol–water partition coefficient (Wildman–Crippen LogP) is 4.87. The number of phenols is 1. The molecular weight excluding hydrogens is 333 g/mol. The first-order valence-electron chi connectivity index (χ1n) is 5.65. The molecule has 2 nitrogen and oxygen atoms in total. The summed E-state index contributed by atoms with van der Waals surface area (Å²) in [6.07, 6.45) is 0. The number of hydrogen-bond donors (Lipinski definition) is 2. The minimum atomic E-state index is -0.625. The standard InChI is InChI=1S/C14H12BrClFNO/c1-8-5-10(15)13(6-11(8)16)18-7-9-3-2-4-12(17)14(9)19/h2-6,18-19H,7H2,1H3. The molecule has 0 bridgehead atoms. The van der Waals surface area contributed by atoms with Crippen LogP contribution in [0.25, 0.3) is 0 Å². The Kier molecular flexibility index (Phi) is 4.32. The highest BCUT2D eigenvalue weighted by Crippen LogP contribution is 2.30. The van der Waals surface area contributed by atoms with Gasteiger partial charge >= 0.3 is 0 Å². The lowest BCUT2D eigenvalue weighted by Crippen LogP contribution is -2.01. The minimum absolute atomic E-state index is 0.307. The summed E-state index contributed by atoms with van der Waals surface area (Å²) in [5.74, 6) is -0.954. The van der Waals surface area contributed by atoms with Crippen molar-refractivity contribution in [1.29, 1.82) is 0 Å². The lowest BCUT2D eigenvalue weighted by molar-refractivity contribution is 0.427. The average molecular weight is 345 g/mol. The van der Waals surface area contributed by atoms with Crippen LogP contribution in [0.15, 0.2) is 34.8 Å². The molecule has 0 aliphatic rings. The number of hydrogen-bond acceptors (Lipinski definition) is 2. The second-order valence-electron chi connectivity index (χ2n) is 4.18. The Hall–Kier alpha value is -1.26. The first-order chi connectivity index (χ1) is 8.99. The predicted molar refractivity (Wildman–Crippen MR) is 79.3 cm³/mol. The van der Waals surface area contributed by atoms with Crippen molar-refractivity contribution in [2.75, 3.05) is 5.32 Å². The van der Waals surface area contributed by atoms with Gasteiger partial charge in [-0.1, -0.05) is 23.7 Å². The van der Waals surface area contributed by atoms with Crippen molar-refractivity contribution < 1.29 is 9.50 Å². The Labute approximate surface area is 124 Å². The zero-order valence-electron chi connectivity index (χ0n) is 10.2. The summed E-state index contributed by atoms with van der Waals surface area (Å²) in [4.78, 5) is 0. The number of anilines is 1. The number of nitrogens with one attached hydrogen (secondary N) is 1. The summed E-state index contributed by atoms with van der Waals surface area (Å²) in [6.45, 7) is 2.22. The van der Waals surface area contributed by atoms with Gasteiger partial charge in [-0.3, -0.25) is 0 Å². The van der Waals surface area contributed by atoms with Gasteiger partial charge in [-0.05, 0) is 46.6 Å². The van der Waals surface area contributed by atoms with Crippen LogP contribution in [0.3, 0.4) is 0 Å².